The first-order valence-electron chi connectivity index (χ1n) is 11.3. The number of esters is 1. The molecule has 0 bridgehead atoms. The fourth-order valence-electron chi connectivity index (χ4n) is 3.44. The molecule has 0 aliphatic rings. The van der Waals surface area contributed by atoms with Crippen LogP contribution in [0.25, 0.3) is 0 Å². The fraction of sp³-hybridized carbons (Fsp3) is 0.720. The van der Waals surface area contributed by atoms with Crippen molar-refractivity contribution in [2.45, 2.75) is 104 Å². The molecule has 0 unspecified atom stereocenters. The number of hydrogen-bond donors (Lipinski definition) is 1. The van der Waals surface area contributed by atoms with Crippen molar-refractivity contribution in [2.75, 3.05) is 13.2 Å². The second kappa shape index (κ2) is 10.8. The van der Waals surface area contributed by atoms with Gasteiger partial charge in [0, 0.05) is 13.0 Å². The van der Waals surface area contributed by atoms with E-state index in [1.54, 1.807) is 0 Å². The molecule has 30 heavy (non-hydrogen) atoms. The number of hydrogen-bond acceptors (Lipinski definition) is 4. The second-order valence-electron chi connectivity index (χ2n) is 11.0. The molecule has 1 aromatic carbocycles. The highest BCUT2D eigenvalue weighted by molar-refractivity contribution is 6.71. The Bertz CT molecular complexity index is 661. The molecule has 4 nitrogen and oxygen atoms in total. The Balaban J connectivity index is 2.68. The van der Waals surface area contributed by atoms with E-state index in [-0.39, 0.29) is 16.8 Å². The summed E-state index contributed by atoms with van der Waals surface area (Å²) in [6.45, 7) is 20.4. The Kier molecular flexibility index (Phi) is 9.62. The van der Waals surface area contributed by atoms with E-state index in [0.29, 0.717) is 25.2 Å². The van der Waals surface area contributed by atoms with E-state index in [1.165, 1.54) is 0 Å². The standard InChI is InChI=1S/C25H44O4Si/c1-10-14-29-30(8,9)16-11-15-28-22(26)13-12-19-17-20(24(2,3)4)23(27)21(18-19)25(5,6)7/h17-18,27H,10-16H2,1-9H3. The minimum atomic E-state index is -1.64. The molecular formula is C25H44O4Si. The lowest BCUT2D eigenvalue weighted by atomic mass is 9.78. The third-order valence-electron chi connectivity index (χ3n) is 5.29. The van der Waals surface area contributed by atoms with Gasteiger partial charge in [-0.3, -0.25) is 4.79 Å². The summed E-state index contributed by atoms with van der Waals surface area (Å²) in [6, 6.07) is 5.08. The van der Waals surface area contributed by atoms with Gasteiger partial charge in [-0.25, -0.2) is 0 Å². The summed E-state index contributed by atoms with van der Waals surface area (Å²) in [5.74, 6) is 0.213. The molecule has 1 aromatic rings. The molecule has 0 atom stereocenters. The van der Waals surface area contributed by atoms with Crippen molar-refractivity contribution in [3.63, 3.8) is 0 Å². The number of phenols is 1. The highest BCUT2D eigenvalue weighted by atomic mass is 28.4. The molecule has 0 aliphatic heterocycles. The average Bonchev–Trinajstić information content (AvgIpc) is 2.60. The van der Waals surface area contributed by atoms with Crippen molar-refractivity contribution in [2.24, 2.45) is 0 Å². The summed E-state index contributed by atoms with van der Waals surface area (Å²) in [5.41, 5.74) is 2.59. The minimum absolute atomic E-state index is 0.161. The monoisotopic (exact) mass is 436 g/mol. The summed E-state index contributed by atoms with van der Waals surface area (Å²) in [6.07, 6.45) is 2.86. The number of rotatable bonds is 10. The summed E-state index contributed by atoms with van der Waals surface area (Å²) in [5, 5.41) is 10.8. The predicted molar refractivity (Wildman–Crippen MR) is 128 cm³/mol. The topological polar surface area (TPSA) is 55.8 Å². The van der Waals surface area contributed by atoms with Crippen LogP contribution < -0.4 is 0 Å². The normalized spacial score (nSPS) is 12.8. The van der Waals surface area contributed by atoms with Crippen molar-refractivity contribution >= 4 is 14.3 Å². The Morgan fingerprint density at radius 1 is 1.00 bits per heavy atom. The van der Waals surface area contributed by atoms with Gasteiger partial charge in [-0.15, -0.1) is 0 Å². The van der Waals surface area contributed by atoms with E-state index < -0.39 is 8.32 Å². The minimum Gasteiger partial charge on any atom is -0.507 e. The van der Waals surface area contributed by atoms with Crippen LogP contribution in [0.15, 0.2) is 12.1 Å². The average molecular weight is 437 g/mol. The number of carbonyl (C=O) groups excluding carboxylic acids is 1. The van der Waals surface area contributed by atoms with Crippen LogP contribution in [0.2, 0.25) is 19.1 Å². The van der Waals surface area contributed by atoms with E-state index in [2.05, 4.69) is 61.6 Å². The zero-order valence-electron chi connectivity index (χ0n) is 20.8. The molecule has 0 spiro atoms. The van der Waals surface area contributed by atoms with Crippen molar-refractivity contribution in [3.8, 4) is 5.75 Å². The van der Waals surface area contributed by atoms with E-state index in [0.717, 1.165) is 42.2 Å². The van der Waals surface area contributed by atoms with E-state index in [1.807, 2.05) is 12.1 Å². The first-order valence-corrected chi connectivity index (χ1v) is 14.5. The molecular weight excluding hydrogens is 392 g/mol. The first kappa shape index (κ1) is 26.7. The third-order valence-corrected chi connectivity index (χ3v) is 7.83. The first-order chi connectivity index (χ1) is 13.7. The molecule has 1 rings (SSSR count). The fourth-order valence-corrected chi connectivity index (χ4v) is 5.33. The van der Waals surface area contributed by atoms with Crippen molar-refractivity contribution in [3.05, 3.63) is 28.8 Å². The van der Waals surface area contributed by atoms with Gasteiger partial charge >= 0.3 is 5.97 Å². The van der Waals surface area contributed by atoms with Crippen LogP contribution in [0.1, 0.15) is 84.4 Å². The number of carbonyl (C=O) groups is 1. The van der Waals surface area contributed by atoms with Gasteiger partial charge in [-0.2, -0.15) is 0 Å². The van der Waals surface area contributed by atoms with E-state index in [9.17, 15) is 9.90 Å². The molecule has 0 radical (unpaired) electrons. The zero-order chi connectivity index (χ0) is 23.2. The largest absolute Gasteiger partial charge is 0.507 e. The Morgan fingerprint density at radius 3 is 2.00 bits per heavy atom. The quantitative estimate of drug-likeness (QED) is 0.259. The summed E-state index contributed by atoms with van der Waals surface area (Å²) in [4.78, 5) is 12.3. The van der Waals surface area contributed by atoms with Gasteiger partial charge in [0.2, 0.25) is 0 Å². The van der Waals surface area contributed by atoms with E-state index in [4.69, 9.17) is 9.16 Å². The number of ether oxygens (including phenoxy) is 1. The smallest absolute Gasteiger partial charge is 0.306 e. The van der Waals surface area contributed by atoms with Crippen LogP contribution in [0.4, 0.5) is 0 Å². The SMILES string of the molecule is CCCO[Si](C)(C)CCCOC(=O)CCc1cc(C(C)(C)C)c(O)c(C(C)(C)C)c1. The van der Waals surface area contributed by atoms with Crippen LogP contribution in [0, 0.1) is 0 Å². The lowest BCUT2D eigenvalue weighted by Crippen LogP contribution is -2.30. The van der Waals surface area contributed by atoms with Gasteiger partial charge in [0.25, 0.3) is 0 Å². The molecule has 0 amide bonds. The van der Waals surface area contributed by atoms with Crippen molar-refractivity contribution < 1.29 is 19.1 Å². The highest BCUT2D eigenvalue weighted by Crippen LogP contribution is 2.40. The van der Waals surface area contributed by atoms with Crippen LogP contribution in [0.5, 0.6) is 5.75 Å². The van der Waals surface area contributed by atoms with Gasteiger partial charge in [-0.05, 0) is 65.9 Å². The number of aryl methyl sites for hydroxylation is 1. The van der Waals surface area contributed by atoms with Crippen molar-refractivity contribution in [1.29, 1.82) is 0 Å². The highest BCUT2D eigenvalue weighted by Gasteiger charge is 2.26. The maximum atomic E-state index is 12.3. The van der Waals surface area contributed by atoms with Gasteiger partial charge < -0.3 is 14.3 Å². The molecule has 0 aromatic heterocycles. The van der Waals surface area contributed by atoms with Crippen LogP contribution in [-0.2, 0) is 31.2 Å². The van der Waals surface area contributed by atoms with Gasteiger partial charge in [0.15, 0.2) is 8.32 Å². The molecule has 0 fully saturated rings. The van der Waals surface area contributed by atoms with Crippen LogP contribution in [0.3, 0.4) is 0 Å². The third kappa shape index (κ3) is 8.81. The van der Waals surface area contributed by atoms with Gasteiger partial charge in [-0.1, -0.05) is 60.6 Å². The van der Waals surface area contributed by atoms with Crippen LogP contribution in [-0.4, -0.2) is 32.6 Å². The zero-order valence-corrected chi connectivity index (χ0v) is 21.8. The number of benzene rings is 1. The molecule has 0 saturated heterocycles. The molecule has 0 saturated carbocycles. The van der Waals surface area contributed by atoms with E-state index >= 15 is 0 Å². The summed E-state index contributed by atoms with van der Waals surface area (Å²) < 4.78 is 11.4. The Labute approximate surface area is 185 Å². The maximum absolute atomic E-state index is 12.3. The van der Waals surface area contributed by atoms with Gasteiger partial charge in [0.05, 0.1) is 6.61 Å². The lowest BCUT2D eigenvalue weighted by Gasteiger charge is -2.28. The van der Waals surface area contributed by atoms with Crippen molar-refractivity contribution in [1.82, 2.24) is 0 Å². The lowest BCUT2D eigenvalue weighted by molar-refractivity contribution is -0.143. The summed E-state index contributed by atoms with van der Waals surface area (Å²) in [7, 11) is -1.64. The molecule has 0 aliphatic carbocycles. The summed E-state index contributed by atoms with van der Waals surface area (Å²) >= 11 is 0. The van der Waals surface area contributed by atoms with Crippen LogP contribution >= 0.6 is 0 Å². The van der Waals surface area contributed by atoms with Gasteiger partial charge in [0.1, 0.15) is 5.75 Å². The Morgan fingerprint density at radius 2 is 1.53 bits per heavy atom. The number of aromatic hydroxyl groups is 1. The molecule has 172 valence electrons. The maximum Gasteiger partial charge on any atom is 0.306 e. The molecule has 5 heteroatoms. The molecule has 1 N–H and O–H groups in total. The second-order valence-corrected chi connectivity index (χ2v) is 15.3. The predicted octanol–water partition coefficient (Wildman–Crippen LogP) is 6.48. The Hall–Kier alpha value is -1.33. The molecule has 0 heterocycles. The number of phenolic OH excluding ortho intramolecular Hbond substituents is 1.